The summed E-state index contributed by atoms with van der Waals surface area (Å²) in [6, 6.07) is 0. The number of imidazole rings is 1. The summed E-state index contributed by atoms with van der Waals surface area (Å²) in [7, 11) is 0. The Morgan fingerprint density at radius 2 is 2.10 bits per heavy atom. The highest BCUT2D eigenvalue weighted by Gasteiger charge is 2.14. The third-order valence-corrected chi connectivity index (χ3v) is 3.51. The predicted octanol–water partition coefficient (Wildman–Crippen LogP) is -0.137. The van der Waals surface area contributed by atoms with E-state index in [1.807, 2.05) is 0 Å². The van der Waals surface area contributed by atoms with Gasteiger partial charge in [-0.1, -0.05) is 6.42 Å². The molecule has 5 N–H and O–H groups in total. The lowest BCUT2D eigenvalue weighted by molar-refractivity contribution is 0.232. The lowest BCUT2D eigenvalue weighted by atomic mass is 9.98. The number of nitrogen functional groups attached to an aromatic ring is 1. The first kappa shape index (κ1) is 15.5. The molecule has 2 heterocycles. The topological polar surface area (TPSA) is 130 Å². The summed E-state index contributed by atoms with van der Waals surface area (Å²) in [6.07, 6.45) is 4.76. The second-order valence-electron chi connectivity index (χ2n) is 5.12. The first-order valence-corrected chi connectivity index (χ1v) is 7.08. The highest BCUT2D eigenvalue weighted by atomic mass is 16.3. The van der Waals surface area contributed by atoms with Crippen LogP contribution in [0.3, 0.4) is 0 Å². The zero-order valence-electron chi connectivity index (χ0n) is 11.8. The van der Waals surface area contributed by atoms with E-state index < -0.39 is 0 Å². The van der Waals surface area contributed by atoms with Crippen LogP contribution in [0.4, 0.5) is 5.95 Å². The summed E-state index contributed by atoms with van der Waals surface area (Å²) < 4.78 is 1.79. The number of nitrogens with zero attached hydrogens (tertiary/aromatic N) is 3. The molecule has 2 aromatic heterocycles. The number of fused-ring (bicyclic) bond motifs is 1. The Morgan fingerprint density at radius 3 is 2.81 bits per heavy atom. The Bertz CT molecular complexity index is 636. The molecule has 116 valence electrons. The van der Waals surface area contributed by atoms with Crippen LogP contribution >= 0.6 is 0 Å². The van der Waals surface area contributed by atoms with Gasteiger partial charge in [0.2, 0.25) is 5.95 Å². The summed E-state index contributed by atoms with van der Waals surface area (Å²) in [5, 5.41) is 18.0. The van der Waals surface area contributed by atoms with Gasteiger partial charge in [0.15, 0.2) is 11.2 Å². The van der Waals surface area contributed by atoms with Gasteiger partial charge in [-0.15, -0.1) is 0 Å². The molecular weight excluding hydrogens is 274 g/mol. The normalized spacial score (nSPS) is 12.9. The fraction of sp³-hybridized carbons (Fsp3) is 0.615. The zero-order chi connectivity index (χ0) is 15.2. The third-order valence-electron chi connectivity index (χ3n) is 3.51. The Hall–Kier alpha value is -1.93. The van der Waals surface area contributed by atoms with E-state index in [0.717, 1.165) is 19.3 Å². The van der Waals surface area contributed by atoms with Gasteiger partial charge < -0.3 is 20.5 Å². The van der Waals surface area contributed by atoms with E-state index in [0.29, 0.717) is 18.6 Å². The van der Waals surface area contributed by atoms with Crippen molar-refractivity contribution in [3.63, 3.8) is 0 Å². The van der Waals surface area contributed by atoms with Crippen molar-refractivity contribution >= 4 is 17.1 Å². The highest BCUT2D eigenvalue weighted by Crippen LogP contribution is 2.17. The van der Waals surface area contributed by atoms with Gasteiger partial charge in [0.1, 0.15) is 0 Å². The van der Waals surface area contributed by atoms with Gasteiger partial charge >= 0.3 is 0 Å². The van der Waals surface area contributed by atoms with Crippen LogP contribution in [-0.2, 0) is 6.54 Å². The maximum absolute atomic E-state index is 11.7. The van der Waals surface area contributed by atoms with Crippen molar-refractivity contribution in [2.24, 2.45) is 5.92 Å². The number of aliphatic hydroxyl groups excluding tert-OH is 2. The summed E-state index contributed by atoms with van der Waals surface area (Å²) in [6.45, 7) is 0.887. The Balaban J connectivity index is 2.18. The van der Waals surface area contributed by atoms with Crippen molar-refractivity contribution < 1.29 is 10.2 Å². The van der Waals surface area contributed by atoms with E-state index in [-0.39, 0.29) is 36.2 Å². The second kappa shape index (κ2) is 7.19. The molecular formula is C13H21N5O3. The first-order valence-electron chi connectivity index (χ1n) is 7.08. The van der Waals surface area contributed by atoms with Crippen LogP contribution in [0.5, 0.6) is 0 Å². The van der Waals surface area contributed by atoms with Crippen LogP contribution < -0.4 is 11.3 Å². The molecule has 0 spiro atoms. The molecule has 0 aliphatic rings. The smallest absolute Gasteiger partial charge is 0.280 e. The number of aromatic nitrogens is 4. The molecule has 0 aliphatic carbocycles. The molecule has 0 saturated carbocycles. The van der Waals surface area contributed by atoms with Crippen molar-refractivity contribution in [2.75, 3.05) is 18.9 Å². The standard InChI is InChI=1S/C13H21N5O3/c14-13-16-11-10(12(21)17-13)15-8-18(11)7-9(4-6-20)3-1-2-5-19/h8-9,19-20H,1-7H2,(H3,14,16,17,21). The van der Waals surface area contributed by atoms with Crippen molar-refractivity contribution in [1.82, 2.24) is 19.5 Å². The molecule has 0 saturated heterocycles. The Labute approximate surface area is 121 Å². The number of nitrogens with one attached hydrogen (secondary N) is 1. The molecule has 1 unspecified atom stereocenters. The molecule has 0 amide bonds. The van der Waals surface area contributed by atoms with Gasteiger partial charge in [-0.05, 0) is 25.2 Å². The SMILES string of the molecule is Nc1nc2c(ncn2CC(CCO)CCCCO)c(=O)[nH]1. The number of rotatable bonds is 8. The molecule has 8 heteroatoms. The number of H-pyrrole nitrogens is 1. The lowest BCUT2D eigenvalue weighted by Gasteiger charge is -2.16. The average molecular weight is 295 g/mol. The van der Waals surface area contributed by atoms with E-state index in [1.165, 1.54) is 0 Å². The van der Waals surface area contributed by atoms with Crippen molar-refractivity contribution in [3.05, 3.63) is 16.7 Å². The van der Waals surface area contributed by atoms with Crippen molar-refractivity contribution in [1.29, 1.82) is 0 Å². The summed E-state index contributed by atoms with van der Waals surface area (Å²) in [5.74, 6) is 0.300. The molecule has 0 fully saturated rings. The molecule has 1 atom stereocenters. The molecule has 0 bridgehead atoms. The first-order chi connectivity index (χ1) is 10.2. The average Bonchev–Trinajstić information content (AvgIpc) is 2.82. The van der Waals surface area contributed by atoms with Gasteiger partial charge in [0.25, 0.3) is 5.56 Å². The predicted molar refractivity (Wildman–Crippen MR) is 78.7 cm³/mol. The lowest BCUT2D eigenvalue weighted by Crippen LogP contribution is -2.15. The number of aliphatic hydroxyl groups is 2. The number of nitrogens with two attached hydrogens (primary N) is 1. The maximum atomic E-state index is 11.7. The summed E-state index contributed by atoms with van der Waals surface area (Å²) in [5.41, 5.74) is 5.94. The minimum Gasteiger partial charge on any atom is -0.396 e. The van der Waals surface area contributed by atoms with E-state index in [2.05, 4.69) is 15.0 Å². The number of hydrogen-bond donors (Lipinski definition) is 4. The third kappa shape index (κ3) is 3.79. The molecule has 0 aromatic carbocycles. The fourth-order valence-corrected chi connectivity index (χ4v) is 2.44. The van der Waals surface area contributed by atoms with Gasteiger partial charge in [-0.3, -0.25) is 9.78 Å². The van der Waals surface area contributed by atoms with Gasteiger partial charge in [0.05, 0.1) is 6.33 Å². The number of aromatic amines is 1. The van der Waals surface area contributed by atoms with E-state index in [1.54, 1.807) is 10.9 Å². The van der Waals surface area contributed by atoms with Crippen LogP contribution in [0.1, 0.15) is 25.7 Å². The second-order valence-corrected chi connectivity index (χ2v) is 5.12. The monoisotopic (exact) mass is 295 g/mol. The van der Waals surface area contributed by atoms with Crippen LogP contribution in [-0.4, -0.2) is 42.9 Å². The minimum atomic E-state index is -0.352. The van der Waals surface area contributed by atoms with Gasteiger partial charge in [0, 0.05) is 19.8 Å². The van der Waals surface area contributed by atoms with Crippen molar-refractivity contribution in [2.45, 2.75) is 32.2 Å². The Kier molecular flexibility index (Phi) is 5.29. The largest absolute Gasteiger partial charge is 0.396 e. The minimum absolute atomic E-state index is 0.0632. The fourth-order valence-electron chi connectivity index (χ4n) is 2.44. The summed E-state index contributed by atoms with van der Waals surface area (Å²) in [4.78, 5) is 22.3. The molecule has 8 nitrogen and oxygen atoms in total. The van der Waals surface area contributed by atoms with Crippen LogP contribution in [0.2, 0.25) is 0 Å². The van der Waals surface area contributed by atoms with E-state index >= 15 is 0 Å². The van der Waals surface area contributed by atoms with Crippen LogP contribution in [0.15, 0.2) is 11.1 Å². The van der Waals surface area contributed by atoms with Crippen LogP contribution in [0, 0.1) is 5.92 Å². The number of hydrogen-bond acceptors (Lipinski definition) is 6. The quantitative estimate of drug-likeness (QED) is 0.502. The number of unbranched alkanes of at least 4 members (excludes halogenated alkanes) is 1. The van der Waals surface area contributed by atoms with Gasteiger partial charge in [-0.2, -0.15) is 4.98 Å². The summed E-state index contributed by atoms with van der Waals surface area (Å²) >= 11 is 0. The van der Waals surface area contributed by atoms with Gasteiger partial charge in [-0.25, -0.2) is 4.98 Å². The highest BCUT2D eigenvalue weighted by molar-refractivity contribution is 5.70. The molecule has 2 aromatic rings. The zero-order valence-corrected chi connectivity index (χ0v) is 11.8. The van der Waals surface area contributed by atoms with Crippen molar-refractivity contribution in [3.8, 4) is 0 Å². The van der Waals surface area contributed by atoms with E-state index in [4.69, 9.17) is 15.9 Å². The van der Waals surface area contributed by atoms with E-state index in [9.17, 15) is 4.79 Å². The molecule has 0 aliphatic heterocycles. The molecule has 21 heavy (non-hydrogen) atoms. The Morgan fingerprint density at radius 1 is 1.29 bits per heavy atom. The number of anilines is 1. The van der Waals surface area contributed by atoms with Crippen LogP contribution in [0.25, 0.3) is 11.2 Å². The molecule has 2 rings (SSSR count). The maximum Gasteiger partial charge on any atom is 0.280 e. The molecule has 0 radical (unpaired) electrons.